The molecule has 1 saturated carbocycles. The van der Waals surface area contributed by atoms with Gasteiger partial charge in [-0.05, 0) is 37.3 Å². The van der Waals surface area contributed by atoms with Crippen molar-refractivity contribution in [2.75, 3.05) is 6.61 Å². The molecule has 3 rings (SSSR count). The van der Waals surface area contributed by atoms with Gasteiger partial charge in [0.2, 0.25) is 0 Å². The molecule has 4 unspecified atom stereocenters. The number of hydrogen-bond acceptors (Lipinski definition) is 2. The summed E-state index contributed by atoms with van der Waals surface area (Å²) in [6.45, 7) is 3.01. The van der Waals surface area contributed by atoms with E-state index in [-0.39, 0.29) is 11.5 Å². The van der Waals surface area contributed by atoms with Crippen molar-refractivity contribution in [1.82, 2.24) is 0 Å². The molecule has 0 spiro atoms. The number of hydrogen-bond donors (Lipinski definition) is 0. The van der Waals surface area contributed by atoms with E-state index >= 15 is 0 Å². The lowest BCUT2D eigenvalue weighted by atomic mass is 10.1. The van der Waals surface area contributed by atoms with Crippen LogP contribution in [0.2, 0.25) is 0 Å². The van der Waals surface area contributed by atoms with E-state index in [9.17, 15) is 0 Å². The quantitative estimate of drug-likeness (QED) is 0.733. The molecule has 0 N–H and O–H groups in total. The van der Waals surface area contributed by atoms with Gasteiger partial charge in [-0.1, -0.05) is 6.92 Å². The van der Waals surface area contributed by atoms with Crippen LogP contribution in [0, 0.1) is 5.92 Å². The van der Waals surface area contributed by atoms with Crippen molar-refractivity contribution >= 4 is 11.6 Å². The second kappa shape index (κ2) is 4.08. The molecule has 0 bridgehead atoms. The molecule has 2 heterocycles. The molecule has 2 aliphatic rings. The van der Waals surface area contributed by atoms with Crippen molar-refractivity contribution in [2.24, 2.45) is 5.92 Å². The first-order valence-corrected chi connectivity index (χ1v) is 6.53. The zero-order chi connectivity index (χ0) is 11.1. The zero-order valence-electron chi connectivity index (χ0n) is 9.49. The number of ether oxygens (including phenoxy) is 1. The van der Waals surface area contributed by atoms with Gasteiger partial charge in [-0.15, -0.1) is 11.6 Å². The molecule has 1 aliphatic heterocycles. The molecule has 0 aromatic carbocycles. The van der Waals surface area contributed by atoms with Crippen molar-refractivity contribution in [2.45, 2.75) is 43.6 Å². The van der Waals surface area contributed by atoms with E-state index in [0.29, 0.717) is 5.92 Å². The molecule has 1 aliphatic carbocycles. The predicted octanol–water partition coefficient (Wildman–Crippen LogP) is 3.86. The van der Waals surface area contributed by atoms with Gasteiger partial charge in [0, 0.05) is 17.9 Å². The van der Waals surface area contributed by atoms with Crippen molar-refractivity contribution in [3.05, 3.63) is 23.7 Å². The fraction of sp³-hybridized carbons (Fsp3) is 0.692. The second-order valence-corrected chi connectivity index (χ2v) is 5.66. The minimum absolute atomic E-state index is 0.0686. The third kappa shape index (κ3) is 2.01. The van der Waals surface area contributed by atoms with Crippen LogP contribution in [0.25, 0.3) is 0 Å². The molecule has 1 aromatic heterocycles. The number of furan rings is 1. The lowest BCUT2D eigenvalue weighted by Crippen LogP contribution is -2.19. The SMILES string of the molecule is CC1CC1c1ccc(C2CC(Cl)CCO2)o1. The Hall–Kier alpha value is -0.470. The van der Waals surface area contributed by atoms with Gasteiger partial charge < -0.3 is 9.15 Å². The van der Waals surface area contributed by atoms with Crippen molar-refractivity contribution in [3.8, 4) is 0 Å². The Morgan fingerprint density at radius 2 is 2.00 bits per heavy atom. The topological polar surface area (TPSA) is 22.4 Å². The van der Waals surface area contributed by atoms with Gasteiger partial charge in [0.15, 0.2) is 0 Å². The Balaban J connectivity index is 1.71. The highest BCUT2D eigenvalue weighted by molar-refractivity contribution is 6.20. The first-order chi connectivity index (χ1) is 7.74. The second-order valence-electron chi connectivity index (χ2n) is 5.04. The summed E-state index contributed by atoms with van der Waals surface area (Å²) in [6, 6.07) is 4.16. The Labute approximate surface area is 101 Å². The third-order valence-corrected chi connectivity index (χ3v) is 4.06. The summed E-state index contributed by atoms with van der Waals surface area (Å²) in [5.41, 5.74) is 0. The Kier molecular flexibility index (Phi) is 2.72. The standard InChI is InChI=1S/C13H17ClO2/c1-8-6-10(8)11-2-3-12(16-11)13-7-9(14)4-5-15-13/h2-3,8-10,13H,4-7H2,1H3. The molecule has 1 saturated heterocycles. The number of alkyl halides is 1. The molecular formula is C13H17ClO2. The maximum Gasteiger partial charge on any atom is 0.133 e. The molecule has 4 atom stereocenters. The van der Waals surface area contributed by atoms with Crippen LogP contribution < -0.4 is 0 Å². The summed E-state index contributed by atoms with van der Waals surface area (Å²) >= 11 is 6.14. The normalized spacial score (nSPS) is 38.6. The lowest BCUT2D eigenvalue weighted by Gasteiger charge is -2.24. The van der Waals surface area contributed by atoms with Gasteiger partial charge in [0.25, 0.3) is 0 Å². The van der Waals surface area contributed by atoms with Crippen LogP contribution in [0.1, 0.15) is 49.7 Å². The minimum Gasteiger partial charge on any atom is -0.463 e. The fourth-order valence-electron chi connectivity index (χ4n) is 2.41. The smallest absolute Gasteiger partial charge is 0.133 e. The maximum atomic E-state index is 6.14. The van der Waals surface area contributed by atoms with E-state index in [1.54, 1.807) is 0 Å². The third-order valence-electron chi connectivity index (χ3n) is 3.66. The van der Waals surface area contributed by atoms with E-state index < -0.39 is 0 Å². The van der Waals surface area contributed by atoms with Crippen LogP contribution in [0.5, 0.6) is 0 Å². The summed E-state index contributed by atoms with van der Waals surface area (Å²) in [4.78, 5) is 0. The van der Waals surface area contributed by atoms with Crippen molar-refractivity contribution < 1.29 is 9.15 Å². The molecule has 3 heteroatoms. The molecule has 88 valence electrons. The van der Waals surface area contributed by atoms with E-state index in [0.717, 1.165) is 36.9 Å². The molecule has 0 amide bonds. The summed E-state index contributed by atoms with van der Waals surface area (Å²) in [5.74, 6) is 3.51. The summed E-state index contributed by atoms with van der Waals surface area (Å²) < 4.78 is 11.6. The maximum absolute atomic E-state index is 6.14. The van der Waals surface area contributed by atoms with Gasteiger partial charge in [-0.3, -0.25) is 0 Å². The van der Waals surface area contributed by atoms with E-state index in [4.69, 9.17) is 20.8 Å². The Bertz CT molecular complexity index is 374. The molecular weight excluding hydrogens is 224 g/mol. The van der Waals surface area contributed by atoms with Crippen LogP contribution >= 0.6 is 11.6 Å². The van der Waals surface area contributed by atoms with Crippen molar-refractivity contribution in [3.63, 3.8) is 0 Å². The van der Waals surface area contributed by atoms with Gasteiger partial charge in [-0.25, -0.2) is 0 Å². The molecule has 2 nitrogen and oxygen atoms in total. The first kappa shape index (κ1) is 10.7. The fourth-order valence-corrected chi connectivity index (χ4v) is 2.66. The summed E-state index contributed by atoms with van der Waals surface area (Å²) in [6.07, 6.45) is 3.15. The molecule has 16 heavy (non-hydrogen) atoms. The first-order valence-electron chi connectivity index (χ1n) is 6.09. The highest BCUT2D eigenvalue weighted by Gasteiger charge is 2.37. The number of halogens is 1. The monoisotopic (exact) mass is 240 g/mol. The highest BCUT2D eigenvalue weighted by atomic mass is 35.5. The molecule has 0 radical (unpaired) electrons. The highest BCUT2D eigenvalue weighted by Crippen LogP contribution is 2.48. The van der Waals surface area contributed by atoms with Gasteiger partial charge >= 0.3 is 0 Å². The Morgan fingerprint density at radius 3 is 2.69 bits per heavy atom. The van der Waals surface area contributed by atoms with Crippen LogP contribution in [-0.4, -0.2) is 12.0 Å². The van der Waals surface area contributed by atoms with Crippen LogP contribution in [0.15, 0.2) is 16.5 Å². The lowest BCUT2D eigenvalue weighted by molar-refractivity contribution is 0.00307. The summed E-state index contributed by atoms with van der Waals surface area (Å²) in [5, 5.41) is 0.229. The Morgan fingerprint density at radius 1 is 1.25 bits per heavy atom. The van der Waals surface area contributed by atoms with Gasteiger partial charge in [0.1, 0.15) is 17.6 Å². The summed E-state index contributed by atoms with van der Waals surface area (Å²) in [7, 11) is 0. The van der Waals surface area contributed by atoms with Gasteiger partial charge in [-0.2, -0.15) is 0 Å². The number of rotatable bonds is 2. The van der Waals surface area contributed by atoms with Crippen LogP contribution in [0.3, 0.4) is 0 Å². The van der Waals surface area contributed by atoms with Gasteiger partial charge in [0.05, 0.1) is 0 Å². The molecule has 2 fully saturated rings. The molecule has 1 aromatic rings. The zero-order valence-corrected chi connectivity index (χ0v) is 10.2. The predicted molar refractivity (Wildman–Crippen MR) is 62.8 cm³/mol. The average molecular weight is 241 g/mol. The van der Waals surface area contributed by atoms with E-state index in [2.05, 4.69) is 19.1 Å². The van der Waals surface area contributed by atoms with E-state index in [1.807, 2.05) is 0 Å². The van der Waals surface area contributed by atoms with E-state index in [1.165, 1.54) is 6.42 Å². The van der Waals surface area contributed by atoms with Crippen LogP contribution in [-0.2, 0) is 4.74 Å². The largest absolute Gasteiger partial charge is 0.463 e. The minimum atomic E-state index is 0.0686. The average Bonchev–Trinajstić information content (AvgIpc) is 2.81. The van der Waals surface area contributed by atoms with Crippen LogP contribution in [0.4, 0.5) is 0 Å². The van der Waals surface area contributed by atoms with Crippen molar-refractivity contribution in [1.29, 1.82) is 0 Å².